The van der Waals surface area contributed by atoms with Gasteiger partial charge in [-0.1, -0.05) is 18.2 Å². The van der Waals surface area contributed by atoms with Gasteiger partial charge in [0.2, 0.25) is 10.0 Å². The summed E-state index contributed by atoms with van der Waals surface area (Å²) in [6.07, 6.45) is 2.35. The van der Waals surface area contributed by atoms with Gasteiger partial charge < -0.3 is 9.64 Å². The third-order valence-corrected chi connectivity index (χ3v) is 6.92. The molecule has 0 spiro atoms. The Hall–Kier alpha value is -1.41. The first-order chi connectivity index (χ1) is 11.5. The summed E-state index contributed by atoms with van der Waals surface area (Å²) in [4.78, 5) is 2.31. The highest BCUT2D eigenvalue weighted by molar-refractivity contribution is 7.91. The number of nitrogens with zero attached hydrogens (tertiary/aromatic N) is 1. The molecule has 24 heavy (non-hydrogen) atoms. The minimum Gasteiger partial charge on any atom is -0.490 e. The highest BCUT2D eigenvalue weighted by Crippen LogP contribution is 2.20. The second-order valence-corrected chi connectivity index (χ2v) is 8.96. The molecule has 0 saturated carbocycles. The van der Waals surface area contributed by atoms with Gasteiger partial charge in [-0.05, 0) is 49.0 Å². The highest BCUT2D eigenvalue weighted by Gasteiger charge is 2.18. The minimum absolute atomic E-state index is 0.268. The van der Waals surface area contributed by atoms with Gasteiger partial charge in [-0.25, -0.2) is 13.1 Å². The molecular formula is C17H22N2O3S2. The van der Waals surface area contributed by atoms with E-state index in [0.29, 0.717) is 4.21 Å². The lowest BCUT2D eigenvalue weighted by Gasteiger charge is -2.29. The summed E-state index contributed by atoms with van der Waals surface area (Å²) < 4.78 is 33.1. The third kappa shape index (κ3) is 4.57. The summed E-state index contributed by atoms with van der Waals surface area (Å²) in [7, 11) is -1.29. The fourth-order valence-electron chi connectivity index (χ4n) is 2.65. The standard InChI is InChI=1S/C17H22N2O3S2/c1-19-10-8-16(9-11-19)22-15-6-4-14(5-7-15)13-18-24(20,21)17-3-2-12-23-17/h2-7,12,16,18H,8-11,13H2,1H3. The zero-order valence-electron chi connectivity index (χ0n) is 13.6. The van der Waals surface area contributed by atoms with Gasteiger partial charge in [0.05, 0.1) is 0 Å². The Kier molecular flexibility index (Phi) is 5.55. The van der Waals surface area contributed by atoms with Crippen molar-refractivity contribution in [2.45, 2.75) is 29.7 Å². The normalized spacial score (nSPS) is 17.0. The number of benzene rings is 1. The molecule has 0 atom stereocenters. The van der Waals surface area contributed by atoms with E-state index in [0.717, 1.165) is 37.2 Å². The Morgan fingerprint density at radius 2 is 1.92 bits per heavy atom. The Morgan fingerprint density at radius 3 is 2.54 bits per heavy atom. The van der Waals surface area contributed by atoms with Crippen LogP contribution in [0.15, 0.2) is 46.0 Å². The Labute approximate surface area is 147 Å². The van der Waals surface area contributed by atoms with E-state index >= 15 is 0 Å². The molecule has 0 bridgehead atoms. The SMILES string of the molecule is CN1CCC(Oc2ccc(CNS(=O)(=O)c3cccs3)cc2)CC1. The van der Waals surface area contributed by atoms with Crippen LogP contribution in [0.3, 0.4) is 0 Å². The monoisotopic (exact) mass is 366 g/mol. The maximum Gasteiger partial charge on any atom is 0.250 e. The number of hydrogen-bond donors (Lipinski definition) is 1. The summed E-state index contributed by atoms with van der Waals surface area (Å²) in [5.74, 6) is 0.842. The molecule has 3 rings (SSSR count). The zero-order chi connectivity index (χ0) is 17.0. The van der Waals surface area contributed by atoms with Crippen LogP contribution in [-0.4, -0.2) is 39.6 Å². The van der Waals surface area contributed by atoms with Crippen LogP contribution in [0, 0.1) is 0 Å². The molecule has 1 aromatic carbocycles. The van der Waals surface area contributed by atoms with E-state index in [2.05, 4.69) is 16.7 Å². The van der Waals surface area contributed by atoms with Gasteiger partial charge >= 0.3 is 0 Å². The van der Waals surface area contributed by atoms with Crippen LogP contribution in [0.25, 0.3) is 0 Å². The van der Waals surface area contributed by atoms with Crippen molar-refractivity contribution in [3.8, 4) is 5.75 Å². The molecule has 0 aliphatic carbocycles. The van der Waals surface area contributed by atoms with Crippen molar-refractivity contribution < 1.29 is 13.2 Å². The topological polar surface area (TPSA) is 58.6 Å². The van der Waals surface area contributed by atoms with E-state index < -0.39 is 10.0 Å². The van der Waals surface area contributed by atoms with Crippen LogP contribution in [0.2, 0.25) is 0 Å². The number of thiophene rings is 1. The summed E-state index contributed by atoms with van der Waals surface area (Å²) in [6, 6.07) is 11.0. The molecular weight excluding hydrogens is 344 g/mol. The molecule has 2 heterocycles. The lowest BCUT2D eigenvalue weighted by Crippen LogP contribution is -2.35. The zero-order valence-corrected chi connectivity index (χ0v) is 15.3. The number of ether oxygens (including phenoxy) is 1. The van der Waals surface area contributed by atoms with Gasteiger partial charge in [-0.3, -0.25) is 0 Å². The lowest BCUT2D eigenvalue weighted by atomic mass is 10.1. The van der Waals surface area contributed by atoms with Crippen LogP contribution in [-0.2, 0) is 16.6 Å². The predicted molar refractivity (Wildman–Crippen MR) is 95.9 cm³/mol. The average Bonchev–Trinajstić information content (AvgIpc) is 3.12. The van der Waals surface area contributed by atoms with E-state index in [4.69, 9.17) is 4.74 Å². The molecule has 130 valence electrons. The van der Waals surface area contributed by atoms with E-state index in [-0.39, 0.29) is 12.6 Å². The van der Waals surface area contributed by atoms with E-state index in [1.807, 2.05) is 24.3 Å². The fourth-order valence-corrected chi connectivity index (χ4v) is 4.70. The summed E-state index contributed by atoms with van der Waals surface area (Å²) in [5.41, 5.74) is 0.908. The molecule has 1 aliphatic rings. The molecule has 0 amide bonds. The van der Waals surface area contributed by atoms with Crippen LogP contribution in [0.5, 0.6) is 5.75 Å². The molecule has 2 aromatic rings. The number of hydrogen-bond acceptors (Lipinski definition) is 5. The molecule has 5 nitrogen and oxygen atoms in total. The first kappa shape index (κ1) is 17.4. The van der Waals surface area contributed by atoms with Crippen molar-refractivity contribution >= 4 is 21.4 Å². The van der Waals surface area contributed by atoms with Crippen LogP contribution < -0.4 is 9.46 Å². The van der Waals surface area contributed by atoms with Gasteiger partial charge in [-0.15, -0.1) is 11.3 Å². The quantitative estimate of drug-likeness (QED) is 0.854. The predicted octanol–water partition coefficient (Wildman–Crippen LogP) is 2.70. The number of sulfonamides is 1. The summed E-state index contributed by atoms with van der Waals surface area (Å²) in [6.45, 7) is 2.40. The molecule has 0 unspecified atom stereocenters. The molecule has 1 N–H and O–H groups in total. The smallest absolute Gasteiger partial charge is 0.250 e. The molecule has 7 heteroatoms. The number of likely N-dealkylation sites (tertiary alicyclic amines) is 1. The van der Waals surface area contributed by atoms with Crippen molar-refractivity contribution in [1.29, 1.82) is 0 Å². The molecule has 1 saturated heterocycles. The second kappa shape index (κ2) is 7.65. The molecule has 1 fully saturated rings. The van der Waals surface area contributed by atoms with Gasteiger partial charge in [-0.2, -0.15) is 0 Å². The number of nitrogens with one attached hydrogen (secondary N) is 1. The average molecular weight is 367 g/mol. The van der Waals surface area contributed by atoms with E-state index in [1.54, 1.807) is 17.5 Å². The van der Waals surface area contributed by atoms with Crippen molar-refractivity contribution in [2.24, 2.45) is 0 Å². The van der Waals surface area contributed by atoms with Gasteiger partial charge in [0, 0.05) is 19.6 Å². The third-order valence-electron chi connectivity index (χ3n) is 4.12. The minimum atomic E-state index is -3.42. The lowest BCUT2D eigenvalue weighted by molar-refractivity contribution is 0.114. The van der Waals surface area contributed by atoms with E-state index in [1.165, 1.54) is 11.3 Å². The second-order valence-electron chi connectivity index (χ2n) is 6.02. The van der Waals surface area contributed by atoms with Gasteiger partial charge in [0.1, 0.15) is 16.1 Å². The van der Waals surface area contributed by atoms with Crippen LogP contribution in [0.1, 0.15) is 18.4 Å². The Morgan fingerprint density at radius 1 is 1.21 bits per heavy atom. The van der Waals surface area contributed by atoms with Crippen molar-refractivity contribution in [2.75, 3.05) is 20.1 Å². The first-order valence-corrected chi connectivity index (χ1v) is 10.4. The van der Waals surface area contributed by atoms with E-state index in [9.17, 15) is 8.42 Å². The van der Waals surface area contributed by atoms with Crippen molar-refractivity contribution in [1.82, 2.24) is 9.62 Å². The maximum atomic E-state index is 12.1. The fraction of sp³-hybridized carbons (Fsp3) is 0.412. The number of rotatable bonds is 6. The van der Waals surface area contributed by atoms with Gasteiger partial charge in [0.15, 0.2) is 0 Å². The maximum absolute atomic E-state index is 12.1. The Balaban J connectivity index is 1.53. The summed E-state index contributed by atoms with van der Waals surface area (Å²) >= 11 is 1.21. The summed E-state index contributed by atoms with van der Waals surface area (Å²) in [5, 5.41) is 1.75. The number of piperidine rings is 1. The molecule has 0 radical (unpaired) electrons. The Bertz CT molecular complexity index is 735. The van der Waals surface area contributed by atoms with Crippen LogP contribution in [0.4, 0.5) is 0 Å². The molecule has 1 aliphatic heterocycles. The van der Waals surface area contributed by atoms with Crippen molar-refractivity contribution in [3.63, 3.8) is 0 Å². The van der Waals surface area contributed by atoms with Crippen LogP contribution >= 0.6 is 11.3 Å². The first-order valence-electron chi connectivity index (χ1n) is 8.00. The largest absolute Gasteiger partial charge is 0.490 e. The molecule has 1 aromatic heterocycles. The highest BCUT2D eigenvalue weighted by atomic mass is 32.2. The van der Waals surface area contributed by atoms with Gasteiger partial charge in [0.25, 0.3) is 0 Å². The van der Waals surface area contributed by atoms with Crippen molar-refractivity contribution in [3.05, 3.63) is 47.3 Å².